The highest BCUT2D eigenvalue weighted by molar-refractivity contribution is 5.78. The second-order valence-corrected chi connectivity index (χ2v) is 7.66. The van der Waals surface area contributed by atoms with E-state index in [0.717, 1.165) is 36.1 Å². The number of allylic oxidation sites excluding steroid dienone is 2. The molecule has 0 unspecified atom stereocenters. The van der Waals surface area contributed by atoms with Gasteiger partial charge in [-0.1, -0.05) is 42.5 Å². The van der Waals surface area contributed by atoms with Gasteiger partial charge in [-0.15, -0.1) is 0 Å². The van der Waals surface area contributed by atoms with Gasteiger partial charge in [0.25, 0.3) is 0 Å². The average Bonchev–Trinajstić information content (AvgIpc) is 3.18. The van der Waals surface area contributed by atoms with Crippen LogP contribution in [0.1, 0.15) is 46.9 Å². The Morgan fingerprint density at radius 1 is 0.769 bits per heavy atom. The summed E-state index contributed by atoms with van der Waals surface area (Å²) in [5, 5.41) is 21.8. The molecule has 2 atom stereocenters. The molecule has 1 heterocycles. The predicted octanol–water partition coefficient (Wildman–Crippen LogP) is 4.99. The Morgan fingerprint density at radius 2 is 1.42 bits per heavy atom. The van der Waals surface area contributed by atoms with Crippen molar-refractivity contribution in [3.63, 3.8) is 0 Å². The number of hydrogen-bond donors (Lipinski definition) is 2. The minimum absolute atomic E-state index is 0.201. The molecule has 26 heavy (non-hydrogen) atoms. The molecule has 0 saturated carbocycles. The van der Waals surface area contributed by atoms with E-state index in [9.17, 15) is 10.2 Å². The first kappa shape index (κ1) is 14.3. The van der Waals surface area contributed by atoms with E-state index in [1.54, 1.807) is 4.57 Å². The maximum absolute atomic E-state index is 10.9. The van der Waals surface area contributed by atoms with Crippen molar-refractivity contribution in [3.8, 4) is 28.6 Å². The Labute approximate surface area is 151 Å². The molecule has 7 rings (SSSR count). The van der Waals surface area contributed by atoms with Gasteiger partial charge in [-0.05, 0) is 53.6 Å². The largest absolute Gasteiger partial charge is 0.494 e. The van der Waals surface area contributed by atoms with E-state index in [4.69, 9.17) is 0 Å². The molecule has 0 saturated heterocycles. The average molecular weight is 341 g/mol. The topological polar surface area (TPSA) is 45.4 Å². The van der Waals surface area contributed by atoms with Gasteiger partial charge in [0, 0.05) is 23.0 Å². The molecule has 2 bridgehead atoms. The molecule has 3 heteroatoms. The van der Waals surface area contributed by atoms with E-state index in [0.29, 0.717) is 0 Å². The molecule has 1 aromatic heterocycles. The maximum atomic E-state index is 10.9. The highest BCUT2D eigenvalue weighted by Gasteiger charge is 2.38. The van der Waals surface area contributed by atoms with Gasteiger partial charge < -0.3 is 10.2 Å². The summed E-state index contributed by atoms with van der Waals surface area (Å²) in [7, 11) is 0. The van der Waals surface area contributed by atoms with Crippen LogP contribution in [0.25, 0.3) is 16.8 Å². The number of hydrogen-bond acceptors (Lipinski definition) is 2. The van der Waals surface area contributed by atoms with Crippen molar-refractivity contribution in [1.29, 1.82) is 0 Å². The first-order chi connectivity index (χ1) is 12.7. The lowest BCUT2D eigenvalue weighted by molar-refractivity contribution is 0.399. The molecule has 0 aliphatic heterocycles. The molecular weight excluding hydrogens is 322 g/mol. The van der Waals surface area contributed by atoms with Gasteiger partial charge in [-0.2, -0.15) is 0 Å². The number of aromatic hydroxyl groups is 2. The standard InChI is InChI=1S/C23H19NO2/c25-22-20-13-5-6-14(8-7-13)21(20)23(26)24(22)17-9-10-19-16(12-17)11-15-3-1-2-4-18(15)19/h1-6,9-10,12-14,25-26H,7-8,11H2/t13-,14+. The molecule has 2 N–H and O–H groups in total. The zero-order valence-electron chi connectivity index (χ0n) is 14.3. The highest BCUT2D eigenvalue weighted by atomic mass is 16.3. The van der Waals surface area contributed by atoms with Crippen molar-refractivity contribution in [2.24, 2.45) is 0 Å². The number of nitrogens with zero attached hydrogens (tertiary/aromatic N) is 1. The smallest absolute Gasteiger partial charge is 0.202 e. The van der Waals surface area contributed by atoms with Crippen molar-refractivity contribution >= 4 is 0 Å². The second-order valence-electron chi connectivity index (χ2n) is 7.66. The number of rotatable bonds is 1. The van der Waals surface area contributed by atoms with Crippen LogP contribution in [0.15, 0.2) is 54.6 Å². The zero-order chi connectivity index (χ0) is 17.4. The number of aromatic nitrogens is 1. The molecule has 4 aliphatic carbocycles. The van der Waals surface area contributed by atoms with Gasteiger partial charge in [0.15, 0.2) is 0 Å². The van der Waals surface area contributed by atoms with Gasteiger partial charge in [0.1, 0.15) is 0 Å². The van der Waals surface area contributed by atoms with Crippen molar-refractivity contribution in [2.45, 2.75) is 31.1 Å². The third kappa shape index (κ3) is 1.68. The Morgan fingerprint density at radius 3 is 2.12 bits per heavy atom. The Kier molecular flexibility index (Phi) is 2.64. The summed E-state index contributed by atoms with van der Waals surface area (Å²) in [5.74, 6) is 0.848. The van der Waals surface area contributed by atoms with Crippen LogP contribution in [0.5, 0.6) is 11.8 Å². The van der Waals surface area contributed by atoms with Crippen LogP contribution < -0.4 is 0 Å². The van der Waals surface area contributed by atoms with Crippen molar-refractivity contribution < 1.29 is 10.2 Å². The first-order valence-electron chi connectivity index (χ1n) is 9.28. The summed E-state index contributed by atoms with van der Waals surface area (Å²) in [6.45, 7) is 0. The molecule has 2 aromatic carbocycles. The first-order valence-corrected chi connectivity index (χ1v) is 9.28. The zero-order valence-corrected chi connectivity index (χ0v) is 14.3. The summed E-state index contributed by atoms with van der Waals surface area (Å²) in [5.41, 5.74) is 7.80. The van der Waals surface area contributed by atoms with Crippen LogP contribution in [0, 0.1) is 0 Å². The number of fused-ring (bicyclic) bond motifs is 4. The van der Waals surface area contributed by atoms with Crippen molar-refractivity contribution in [1.82, 2.24) is 4.57 Å². The summed E-state index contributed by atoms with van der Waals surface area (Å²) in [6, 6.07) is 14.7. The molecule has 0 spiro atoms. The molecule has 0 fully saturated rings. The van der Waals surface area contributed by atoms with E-state index in [2.05, 4.69) is 48.6 Å². The van der Waals surface area contributed by atoms with E-state index in [1.807, 2.05) is 6.07 Å². The summed E-state index contributed by atoms with van der Waals surface area (Å²) < 4.78 is 1.63. The third-order valence-electron chi connectivity index (χ3n) is 6.34. The van der Waals surface area contributed by atoms with Gasteiger partial charge >= 0.3 is 0 Å². The van der Waals surface area contributed by atoms with E-state index in [1.165, 1.54) is 22.3 Å². The Bertz CT molecular complexity index is 1070. The fourth-order valence-corrected chi connectivity index (χ4v) is 5.13. The van der Waals surface area contributed by atoms with E-state index in [-0.39, 0.29) is 23.6 Å². The van der Waals surface area contributed by atoms with Crippen LogP contribution >= 0.6 is 0 Å². The molecule has 128 valence electrons. The molecule has 4 aliphatic rings. The van der Waals surface area contributed by atoms with Gasteiger partial charge in [-0.3, -0.25) is 4.57 Å². The molecule has 3 aromatic rings. The monoisotopic (exact) mass is 341 g/mol. The second kappa shape index (κ2) is 4.82. The summed E-state index contributed by atoms with van der Waals surface area (Å²) in [4.78, 5) is 0. The summed E-state index contributed by atoms with van der Waals surface area (Å²) in [6.07, 6.45) is 7.35. The van der Waals surface area contributed by atoms with Crippen molar-refractivity contribution in [3.05, 3.63) is 76.9 Å². The highest BCUT2D eigenvalue weighted by Crippen LogP contribution is 2.54. The Hall–Kier alpha value is -2.94. The van der Waals surface area contributed by atoms with E-state index >= 15 is 0 Å². The normalized spacial score (nSPS) is 21.5. The van der Waals surface area contributed by atoms with Crippen LogP contribution in [-0.4, -0.2) is 14.8 Å². The van der Waals surface area contributed by atoms with E-state index < -0.39 is 0 Å². The Balaban J connectivity index is 1.52. The molecule has 0 amide bonds. The number of benzene rings is 2. The third-order valence-corrected chi connectivity index (χ3v) is 6.34. The molecule has 0 radical (unpaired) electrons. The van der Waals surface area contributed by atoms with Crippen LogP contribution in [0.3, 0.4) is 0 Å². The van der Waals surface area contributed by atoms with Crippen LogP contribution in [0.4, 0.5) is 0 Å². The lowest BCUT2D eigenvalue weighted by atomic mass is 9.73. The fourth-order valence-electron chi connectivity index (χ4n) is 5.13. The molecular formula is C23H19NO2. The van der Waals surface area contributed by atoms with Crippen LogP contribution in [-0.2, 0) is 6.42 Å². The lowest BCUT2D eigenvalue weighted by Crippen LogP contribution is -2.15. The summed E-state index contributed by atoms with van der Waals surface area (Å²) >= 11 is 0. The SMILES string of the molecule is Oc1c2c(c(O)n1-c1ccc3c(c1)Cc1ccccc1-3)[C@H]1C=C[C@@H]2CC1. The predicted molar refractivity (Wildman–Crippen MR) is 101 cm³/mol. The minimum atomic E-state index is 0.201. The van der Waals surface area contributed by atoms with Crippen LogP contribution in [0.2, 0.25) is 0 Å². The molecule has 3 nitrogen and oxygen atoms in total. The fraction of sp³-hybridized carbons (Fsp3) is 0.217. The van der Waals surface area contributed by atoms with Gasteiger partial charge in [-0.25, -0.2) is 0 Å². The van der Waals surface area contributed by atoms with Gasteiger partial charge in [0.2, 0.25) is 11.8 Å². The lowest BCUT2D eigenvalue weighted by Gasteiger charge is -2.30. The van der Waals surface area contributed by atoms with Gasteiger partial charge in [0.05, 0.1) is 5.69 Å². The maximum Gasteiger partial charge on any atom is 0.202 e. The van der Waals surface area contributed by atoms with Crippen molar-refractivity contribution in [2.75, 3.05) is 0 Å². The quantitative estimate of drug-likeness (QED) is 0.479. The minimum Gasteiger partial charge on any atom is -0.494 e.